The highest BCUT2D eigenvalue weighted by atomic mass is 32.2. The number of alkyl halides is 3. The molecule has 0 unspecified atom stereocenters. The molecule has 0 aromatic heterocycles. The van der Waals surface area contributed by atoms with E-state index in [-0.39, 0.29) is 11.8 Å². The zero-order chi connectivity index (χ0) is 13.9. The quantitative estimate of drug-likeness (QED) is 0.910. The molecule has 0 spiro atoms. The van der Waals surface area contributed by atoms with Gasteiger partial charge in [-0.1, -0.05) is 0 Å². The fraction of sp³-hybridized carbons (Fsp3) is 0.364. The van der Waals surface area contributed by atoms with E-state index in [2.05, 4.69) is 10.1 Å². The van der Waals surface area contributed by atoms with E-state index in [1.807, 2.05) is 0 Å². The molecule has 1 aliphatic rings. The number of urea groups is 1. The van der Waals surface area contributed by atoms with Crippen LogP contribution in [0.4, 0.5) is 23.7 Å². The summed E-state index contributed by atoms with van der Waals surface area (Å²) >= 11 is 1.65. The lowest BCUT2D eigenvalue weighted by atomic mass is 10.3. The second-order valence-electron chi connectivity index (χ2n) is 3.80. The number of hydrogen-bond acceptors (Lipinski definition) is 3. The Morgan fingerprint density at radius 2 is 2.00 bits per heavy atom. The number of anilines is 1. The molecule has 1 aromatic rings. The van der Waals surface area contributed by atoms with E-state index in [1.165, 1.54) is 12.1 Å². The number of thioether (sulfide) groups is 1. The topological polar surface area (TPSA) is 41.6 Å². The molecule has 0 radical (unpaired) electrons. The lowest BCUT2D eigenvalue weighted by Crippen LogP contribution is -2.32. The number of nitrogens with one attached hydrogen (secondary N) is 1. The predicted molar refractivity (Wildman–Crippen MR) is 66.2 cm³/mol. The van der Waals surface area contributed by atoms with Crippen molar-refractivity contribution < 1.29 is 22.7 Å². The number of carbonyl (C=O) groups excluding carboxylic acids is 1. The fourth-order valence-corrected chi connectivity index (χ4v) is 2.46. The van der Waals surface area contributed by atoms with Crippen molar-refractivity contribution in [1.29, 1.82) is 0 Å². The third-order valence-corrected chi connectivity index (χ3v) is 3.34. The molecule has 0 atom stereocenters. The summed E-state index contributed by atoms with van der Waals surface area (Å²) in [6, 6.07) is 4.78. The summed E-state index contributed by atoms with van der Waals surface area (Å²) in [5.74, 6) is 1.20. The number of carbonyl (C=O) groups is 1. The zero-order valence-corrected chi connectivity index (χ0v) is 10.6. The van der Waals surface area contributed by atoms with Crippen LogP contribution in [-0.4, -0.2) is 35.5 Å². The first-order chi connectivity index (χ1) is 8.94. The van der Waals surface area contributed by atoms with Gasteiger partial charge in [0.15, 0.2) is 0 Å². The van der Waals surface area contributed by atoms with Crippen molar-refractivity contribution in [2.24, 2.45) is 0 Å². The van der Waals surface area contributed by atoms with Gasteiger partial charge < -0.3 is 15.0 Å². The van der Waals surface area contributed by atoms with Crippen LogP contribution >= 0.6 is 11.8 Å². The van der Waals surface area contributed by atoms with Crippen molar-refractivity contribution in [3.05, 3.63) is 24.3 Å². The van der Waals surface area contributed by atoms with Crippen LogP contribution in [-0.2, 0) is 0 Å². The van der Waals surface area contributed by atoms with Crippen molar-refractivity contribution in [2.75, 3.05) is 23.5 Å². The summed E-state index contributed by atoms with van der Waals surface area (Å²) in [6.45, 7) is 0.672. The molecule has 8 heteroatoms. The zero-order valence-electron chi connectivity index (χ0n) is 9.74. The van der Waals surface area contributed by atoms with Gasteiger partial charge in [-0.05, 0) is 24.3 Å². The van der Waals surface area contributed by atoms with E-state index in [0.717, 1.165) is 17.9 Å². The fourth-order valence-electron chi connectivity index (χ4n) is 1.52. The van der Waals surface area contributed by atoms with E-state index in [4.69, 9.17) is 0 Å². The largest absolute Gasteiger partial charge is 0.573 e. The van der Waals surface area contributed by atoms with Gasteiger partial charge >= 0.3 is 12.4 Å². The summed E-state index contributed by atoms with van der Waals surface area (Å²) in [5, 5.41) is 2.61. The van der Waals surface area contributed by atoms with Gasteiger partial charge in [0.2, 0.25) is 0 Å². The molecule has 1 heterocycles. The maximum Gasteiger partial charge on any atom is 0.573 e. The second-order valence-corrected chi connectivity index (χ2v) is 4.88. The Balaban J connectivity index is 1.93. The average Bonchev–Trinajstić information content (AvgIpc) is 2.83. The SMILES string of the molecule is O=C(Nc1ccc(OC(F)(F)F)cc1)N1CCSC1. The number of amides is 2. The van der Waals surface area contributed by atoms with Crippen LogP contribution in [0.1, 0.15) is 0 Å². The summed E-state index contributed by atoms with van der Waals surface area (Å²) in [6.07, 6.45) is -4.71. The molecule has 4 nitrogen and oxygen atoms in total. The first kappa shape index (κ1) is 13.9. The van der Waals surface area contributed by atoms with Gasteiger partial charge in [-0.2, -0.15) is 0 Å². The Hall–Kier alpha value is -1.57. The Bertz CT molecular complexity index is 444. The summed E-state index contributed by atoms with van der Waals surface area (Å²) in [7, 11) is 0. The van der Waals surface area contributed by atoms with Crippen molar-refractivity contribution in [3.63, 3.8) is 0 Å². The Morgan fingerprint density at radius 1 is 1.32 bits per heavy atom. The summed E-state index contributed by atoms with van der Waals surface area (Å²) in [5.41, 5.74) is 0.427. The van der Waals surface area contributed by atoms with Crippen LogP contribution in [0.2, 0.25) is 0 Å². The third-order valence-electron chi connectivity index (χ3n) is 2.38. The molecule has 104 valence electrons. The molecule has 0 bridgehead atoms. The maximum absolute atomic E-state index is 12.0. The van der Waals surface area contributed by atoms with Crippen LogP contribution in [0.3, 0.4) is 0 Å². The van der Waals surface area contributed by atoms with Crippen LogP contribution in [0.25, 0.3) is 0 Å². The Morgan fingerprint density at radius 3 is 2.53 bits per heavy atom. The van der Waals surface area contributed by atoms with Gasteiger partial charge in [0, 0.05) is 18.0 Å². The minimum absolute atomic E-state index is 0.255. The maximum atomic E-state index is 12.0. The summed E-state index contributed by atoms with van der Waals surface area (Å²) in [4.78, 5) is 13.3. The third kappa shape index (κ3) is 4.23. The van der Waals surface area contributed by atoms with Gasteiger partial charge in [-0.15, -0.1) is 24.9 Å². The highest BCUT2D eigenvalue weighted by Crippen LogP contribution is 2.24. The van der Waals surface area contributed by atoms with Crippen molar-refractivity contribution >= 4 is 23.5 Å². The molecule has 1 fully saturated rings. The highest BCUT2D eigenvalue weighted by Gasteiger charge is 2.31. The minimum atomic E-state index is -4.71. The van der Waals surface area contributed by atoms with Crippen molar-refractivity contribution in [2.45, 2.75) is 6.36 Å². The van der Waals surface area contributed by atoms with Crippen molar-refractivity contribution in [1.82, 2.24) is 4.90 Å². The Labute approximate surface area is 111 Å². The van der Waals surface area contributed by atoms with E-state index in [0.29, 0.717) is 18.1 Å². The normalized spacial score (nSPS) is 15.4. The number of benzene rings is 1. The molecule has 0 aliphatic carbocycles. The van der Waals surface area contributed by atoms with Crippen LogP contribution in [0.15, 0.2) is 24.3 Å². The standard InChI is InChI=1S/C11H11F3N2O2S/c12-11(13,14)18-9-3-1-8(2-4-9)15-10(17)16-5-6-19-7-16/h1-4H,5-7H2,(H,15,17). The van der Waals surface area contributed by atoms with Crippen LogP contribution in [0, 0.1) is 0 Å². The first-order valence-corrected chi connectivity index (χ1v) is 6.59. The first-order valence-electron chi connectivity index (χ1n) is 5.43. The van der Waals surface area contributed by atoms with Crippen molar-refractivity contribution in [3.8, 4) is 5.75 Å². The van der Waals surface area contributed by atoms with Crippen LogP contribution in [0.5, 0.6) is 5.75 Å². The molecule has 19 heavy (non-hydrogen) atoms. The smallest absolute Gasteiger partial charge is 0.406 e. The van der Waals surface area contributed by atoms with E-state index in [1.54, 1.807) is 16.7 Å². The lowest BCUT2D eigenvalue weighted by Gasteiger charge is -2.15. The molecule has 1 saturated heterocycles. The molecular weight excluding hydrogens is 281 g/mol. The minimum Gasteiger partial charge on any atom is -0.406 e. The van der Waals surface area contributed by atoms with Crippen LogP contribution < -0.4 is 10.1 Å². The molecular formula is C11H11F3N2O2S. The van der Waals surface area contributed by atoms with E-state index >= 15 is 0 Å². The summed E-state index contributed by atoms with van der Waals surface area (Å²) < 4.78 is 39.6. The predicted octanol–water partition coefficient (Wildman–Crippen LogP) is 3.12. The number of ether oxygens (including phenoxy) is 1. The van der Waals surface area contributed by atoms with Gasteiger partial charge in [0.05, 0.1) is 5.88 Å². The second kappa shape index (κ2) is 5.60. The molecule has 2 rings (SSSR count). The molecule has 1 aliphatic heterocycles. The van der Waals surface area contributed by atoms with E-state index in [9.17, 15) is 18.0 Å². The number of rotatable bonds is 2. The number of hydrogen-bond donors (Lipinski definition) is 1. The Kier molecular flexibility index (Phi) is 4.08. The lowest BCUT2D eigenvalue weighted by molar-refractivity contribution is -0.274. The number of halogens is 3. The molecule has 2 amide bonds. The molecule has 1 aromatic carbocycles. The highest BCUT2D eigenvalue weighted by molar-refractivity contribution is 7.99. The molecule has 1 N–H and O–H groups in total. The average molecular weight is 292 g/mol. The monoisotopic (exact) mass is 292 g/mol. The molecule has 0 saturated carbocycles. The van der Waals surface area contributed by atoms with Gasteiger partial charge in [0.1, 0.15) is 5.75 Å². The number of nitrogens with zero attached hydrogens (tertiary/aromatic N) is 1. The van der Waals surface area contributed by atoms with E-state index < -0.39 is 6.36 Å². The van der Waals surface area contributed by atoms with Gasteiger partial charge in [-0.3, -0.25) is 0 Å². The van der Waals surface area contributed by atoms with Gasteiger partial charge in [0.25, 0.3) is 0 Å². The van der Waals surface area contributed by atoms with Gasteiger partial charge in [-0.25, -0.2) is 4.79 Å².